The fourth-order valence-electron chi connectivity index (χ4n) is 4.47. The highest BCUT2D eigenvalue weighted by Crippen LogP contribution is 2.33. The van der Waals surface area contributed by atoms with E-state index in [-0.39, 0.29) is 11.8 Å². The zero-order valence-corrected chi connectivity index (χ0v) is 19.3. The number of rotatable bonds is 7. The molecule has 1 aromatic heterocycles. The van der Waals surface area contributed by atoms with Crippen LogP contribution in [0.2, 0.25) is 5.02 Å². The number of halogens is 1. The first-order valence-electron chi connectivity index (χ1n) is 11.3. The molecule has 2 heterocycles. The molecule has 1 fully saturated rings. The molecule has 0 radical (unpaired) electrons. The highest BCUT2D eigenvalue weighted by molar-refractivity contribution is 6.30. The standard InChI is InChI=1S/C27H26ClN3O2/c1-2-19-7-13-23(14-8-19)33-16-15-30-25-6-4-3-5-24(25)29-27(30)20-17-26(32)31(18-20)22-11-9-21(28)10-12-22/h3-14,20H,2,15-18H2,1H3/t20-/m0/s1. The van der Waals surface area contributed by atoms with Gasteiger partial charge in [0.25, 0.3) is 0 Å². The monoisotopic (exact) mass is 459 g/mol. The van der Waals surface area contributed by atoms with Gasteiger partial charge in [-0.05, 0) is 60.5 Å². The summed E-state index contributed by atoms with van der Waals surface area (Å²) in [5, 5.41) is 0.660. The number of aromatic nitrogens is 2. The highest BCUT2D eigenvalue weighted by atomic mass is 35.5. The minimum atomic E-state index is 0.0180. The van der Waals surface area contributed by atoms with Gasteiger partial charge < -0.3 is 14.2 Å². The lowest BCUT2D eigenvalue weighted by Gasteiger charge is -2.17. The molecule has 5 nitrogen and oxygen atoms in total. The molecule has 33 heavy (non-hydrogen) atoms. The number of anilines is 1. The summed E-state index contributed by atoms with van der Waals surface area (Å²) in [7, 11) is 0. The van der Waals surface area contributed by atoms with Crippen LogP contribution in [0.3, 0.4) is 0 Å². The average Bonchev–Trinajstić information content (AvgIpc) is 3.41. The summed E-state index contributed by atoms with van der Waals surface area (Å²) in [6, 6.07) is 23.8. The Morgan fingerprint density at radius 1 is 1.03 bits per heavy atom. The van der Waals surface area contributed by atoms with Crippen molar-refractivity contribution >= 4 is 34.2 Å². The third kappa shape index (κ3) is 4.46. The van der Waals surface area contributed by atoms with Crippen LogP contribution >= 0.6 is 11.6 Å². The molecule has 6 heteroatoms. The van der Waals surface area contributed by atoms with E-state index >= 15 is 0 Å². The Morgan fingerprint density at radius 2 is 1.79 bits per heavy atom. The van der Waals surface area contributed by atoms with Crippen molar-refractivity contribution < 1.29 is 9.53 Å². The van der Waals surface area contributed by atoms with Crippen LogP contribution in [-0.2, 0) is 17.8 Å². The molecule has 168 valence electrons. The molecule has 0 spiro atoms. The maximum Gasteiger partial charge on any atom is 0.227 e. The summed E-state index contributed by atoms with van der Waals surface area (Å²) in [6.45, 7) is 3.93. The summed E-state index contributed by atoms with van der Waals surface area (Å²) >= 11 is 6.02. The Bertz CT molecular complexity index is 1270. The summed E-state index contributed by atoms with van der Waals surface area (Å²) in [4.78, 5) is 19.6. The lowest BCUT2D eigenvalue weighted by atomic mass is 10.1. The number of imidazole rings is 1. The molecule has 1 saturated heterocycles. The number of ether oxygens (including phenoxy) is 1. The molecule has 0 saturated carbocycles. The molecular formula is C27H26ClN3O2. The van der Waals surface area contributed by atoms with Gasteiger partial charge in [-0.15, -0.1) is 0 Å². The second kappa shape index (κ2) is 9.28. The van der Waals surface area contributed by atoms with Crippen LogP contribution in [0.1, 0.15) is 30.7 Å². The first-order chi connectivity index (χ1) is 16.1. The van der Waals surface area contributed by atoms with E-state index in [2.05, 4.69) is 29.7 Å². The fourth-order valence-corrected chi connectivity index (χ4v) is 4.59. The SMILES string of the molecule is CCc1ccc(OCCn2c([C@H]3CC(=O)N(c4ccc(Cl)cc4)C3)nc3ccccc32)cc1. The van der Waals surface area contributed by atoms with Gasteiger partial charge in [-0.25, -0.2) is 4.98 Å². The molecule has 1 amide bonds. The van der Waals surface area contributed by atoms with E-state index in [1.165, 1.54) is 5.56 Å². The summed E-state index contributed by atoms with van der Waals surface area (Å²) in [5.74, 6) is 1.92. The normalized spacial score (nSPS) is 16.0. The van der Waals surface area contributed by atoms with Crippen LogP contribution in [0.4, 0.5) is 5.69 Å². The summed E-state index contributed by atoms with van der Waals surface area (Å²) < 4.78 is 8.24. The van der Waals surface area contributed by atoms with Crippen molar-refractivity contribution in [2.45, 2.75) is 32.2 Å². The van der Waals surface area contributed by atoms with Crippen molar-refractivity contribution in [1.29, 1.82) is 0 Å². The molecule has 4 aromatic rings. The Hall–Kier alpha value is -3.31. The molecule has 0 bridgehead atoms. The number of amides is 1. The number of para-hydroxylation sites is 2. The van der Waals surface area contributed by atoms with Gasteiger partial charge in [-0.3, -0.25) is 4.79 Å². The molecule has 1 aliphatic heterocycles. The van der Waals surface area contributed by atoms with E-state index in [0.29, 0.717) is 31.1 Å². The van der Waals surface area contributed by atoms with Gasteiger partial charge in [0.1, 0.15) is 18.2 Å². The Balaban J connectivity index is 1.37. The highest BCUT2D eigenvalue weighted by Gasteiger charge is 2.34. The molecule has 1 aliphatic rings. The van der Waals surface area contributed by atoms with Crippen molar-refractivity contribution in [1.82, 2.24) is 9.55 Å². The average molecular weight is 460 g/mol. The van der Waals surface area contributed by atoms with Crippen LogP contribution in [0.25, 0.3) is 11.0 Å². The molecule has 0 N–H and O–H groups in total. The van der Waals surface area contributed by atoms with Gasteiger partial charge in [0.15, 0.2) is 0 Å². The lowest BCUT2D eigenvalue weighted by Crippen LogP contribution is -2.24. The lowest BCUT2D eigenvalue weighted by molar-refractivity contribution is -0.117. The van der Waals surface area contributed by atoms with Gasteiger partial charge in [-0.1, -0.05) is 42.8 Å². The molecule has 0 aliphatic carbocycles. The number of carbonyl (C=O) groups excluding carboxylic acids is 1. The van der Waals surface area contributed by atoms with Crippen LogP contribution in [-0.4, -0.2) is 28.6 Å². The molecular weight excluding hydrogens is 434 g/mol. The second-order valence-corrected chi connectivity index (χ2v) is 8.77. The van der Waals surface area contributed by atoms with E-state index < -0.39 is 0 Å². The van der Waals surface area contributed by atoms with Gasteiger partial charge in [-0.2, -0.15) is 0 Å². The van der Waals surface area contributed by atoms with Gasteiger partial charge >= 0.3 is 0 Å². The molecule has 0 unspecified atom stereocenters. The van der Waals surface area contributed by atoms with Crippen molar-refractivity contribution in [2.24, 2.45) is 0 Å². The number of carbonyl (C=O) groups is 1. The van der Waals surface area contributed by atoms with E-state index in [4.69, 9.17) is 21.3 Å². The predicted molar refractivity (Wildman–Crippen MR) is 132 cm³/mol. The van der Waals surface area contributed by atoms with E-state index in [9.17, 15) is 4.79 Å². The van der Waals surface area contributed by atoms with Crippen molar-refractivity contribution in [3.8, 4) is 5.75 Å². The van der Waals surface area contributed by atoms with Crippen molar-refractivity contribution in [2.75, 3.05) is 18.1 Å². The van der Waals surface area contributed by atoms with E-state index in [0.717, 1.165) is 34.7 Å². The maximum atomic E-state index is 12.9. The van der Waals surface area contributed by atoms with E-state index in [1.807, 2.05) is 59.5 Å². The van der Waals surface area contributed by atoms with Gasteiger partial charge in [0.2, 0.25) is 5.91 Å². The van der Waals surface area contributed by atoms with Crippen LogP contribution in [0.15, 0.2) is 72.8 Å². The van der Waals surface area contributed by atoms with Gasteiger partial charge in [0, 0.05) is 29.6 Å². The fraction of sp³-hybridized carbons (Fsp3) is 0.259. The predicted octanol–water partition coefficient (Wildman–Crippen LogP) is 5.85. The number of benzene rings is 3. The largest absolute Gasteiger partial charge is 0.492 e. The molecule has 5 rings (SSSR count). The third-order valence-electron chi connectivity index (χ3n) is 6.23. The number of nitrogens with zero attached hydrogens (tertiary/aromatic N) is 3. The number of aryl methyl sites for hydroxylation is 1. The topological polar surface area (TPSA) is 47.4 Å². The first-order valence-corrected chi connectivity index (χ1v) is 11.7. The minimum absolute atomic E-state index is 0.0180. The number of hydrogen-bond donors (Lipinski definition) is 0. The minimum Gasteiger partial charge on any atom is -0.492 e. The van der Waals surface area contributed by atoms with Crippen LogP contribution in [0.5, 0.6) is 5.75 Å². The Labute approximate surface area is 198 Å². The Kier molecular flexibility index (Phi) is 6.05. The smallest absolute Gasteiger partial charge is 0.227 e. The molecule has 3 aromatic carbocycles. The van der Waals surface area contributed by atoms with Crippen LogP contribution in [0, 0.1) is 0 Å². The third-order valence-corrected chi connectivity index (χ3v) is 6.48. The maximum absolute atomic E-state index is 12.9. The quantitative estimate of drug-likeness (QED) is 0.348. The Morgan fingerprint density at radius 3 is 2.55 bits per heavy atom. The second-order valence-electron chi connectivity index (χ2n) is 8.34. The van der Waals surface area contributed by atoms with Gasteiger partial charge in [0.05, 0.1) is 17.6 Å². The molecule has 1 atom stereocenters. The zero-order chi connectivity index (χ0) is 22.8. The van der Waals surface area contributed by atoms with Crippen molar-refractivity contribution in [3.05, 3.63) is 89.2 Å². The zero-order valence-electron chi connectivity index (χ0n) is 18.6. The first kappa shape index (κ1) is 21.5. The summed E-state index contributed by atoms with van der Waals surface area (Å²) in [5.41, 5.74) is 4.17. The van der Waals surface area contributed by atoms with Crippen molar-refractivity contribution in [3.63, 3.8) is 0 Å². The van der Waals surface area contributed by atoms with E-state index in [1.54, 1.807) is 0 Å². The number of fused-ring (bicyclic) bond motifs is 1. The number of hydrogen-bond acceptors (Lipinski definition) is 3. The van der Waals surface area contributed by atoms with Crippen LogP contribution < -0.4 is 9.64 Å². The summed E-state index contributed by atoms with van der Waals surface area (Å²) in [6.07, 6.45) is 1.45.